The van der Waals surface area contributed by atoms with Gasteiger partial charge in [-0.25, -0.2) is 0 Å². The summed E-state index contributed by atoms with van der Waals surface area (Å²) in [7, 11) is 3.56. The summed E-state index contributed by atoms with van der Waals surface area (Å²) in [5.41, 5.74) is 0.909. The number of furan rings is 1. The van der Waals surface area contributed by atoms with Gasteiger partial charge in [-0.15, -0.1) is 0 Å². The molecule has 136 valence electrons. The van der Waals surface area contributed by atoms with Crippen LogP contribution in [0.25, 0.3) is 0 Å². The number of benzene rings is 1. The van der Waals surface area contributed by atoms with Gasteiger partial charge in [-0.3, -0.25) is 9.48 Å². The van der Waals surface area contributed by atoms with Gasteiger partial charge in [0.05, 0.1) is 22.9 Å². The largest absolute Gasteiger partial charge is 0.486 e. The number of rotatable bonds is 6. The number of ether oxygens (including phenoxy) is 1. The van der Waals surface area contributed by atoms with E-state index < -0.39 is 0 Å². The highest BCUT2D eigenvalue weighted by Gasteiger charge is 2.19. The molecule has 1 aromatic carbocycles. The maximum atomic E-state index is 12.6. The van der Waals surface area contributed by atoms with Crippen LogP contribution in [0.2, 0.25) is 0 Å². The quantitative estimate of drug-likeness (QED) is 0.522. The van der Waals surface area contributed by atoms with Crippen LogP contribution in [-0.4, -0.2) is 27.6 Å². The zero-order chi connectivity index (χ0) is 18.7. The Morgan fingerprint density at radius 1 is 1.23 bits per heavy atom. The lowest BCUT2D eigenvalue weighted by atomic mass is 10.3. The molecule has 26 heavy (non-hydrogen) atoms. The molecule has 0 aliphatic heterocycles. The number of carbonyl (C=O) groups excluding carboxylic acids is 1. The van der Waals surface area contributed by atoms with Gasteiger partial charge in [0.2, 0.25) is 0 Å². The van der Waals surface area contributed by atoms with Crippen LogP contribution < -0.4 is 4.74 Å². The van der Waals surface area contributed by atoms with Crippen molar-refractivity contribution < 1.29 is 13.9 Å². The summed E-state index contributed by atoms with van der Waals surface area (Å²) in [4.78, 5) is 14.1. The fraction of sp³-hybridized carbons (Fsp3) is 0.222. The number of halogens is 2. The van der Waals surface area contributed by atoms with Gasteiger partial charge in [-0.2, -0.15) is 5.10 Å². The van der Waals surface area contributed by atoms with Gasteiger partial charge >= 0.3 is 0 Å². The molecule has 8 heteroatoms. The molecule has 0 aliphatic carbocycles. The number of aryl methyl sites for hydroxylation is 1. The van der Waals surface area contributed by atoms with E-state index in [1.807, 2.05) is 31.3 Å². The fourth-order valence-corrected chi connectivity index (χ4v) is 3.09. The molecule has 6 nitrogen and oxygen atoms in total. The van der Waals surface area contributed by atoms with E-state index in [4.69, 9.17) is 9.15 Å². The lowest BCUT2D eigenvalue weighted by molar-refractivity contribution is 0.0746. The van der Waals surface area contributed by atoms with E-state index in [9.17, 15) is 4.79 Å². The summed E-state index contributed by atoms with van der Waals surface area (Å²) in [5, 5.41) is 4.15. The highest BCUT2D eigenvalue weighted by Crippen LogP contribution is 2.20. The first kappa shape index (κ1) is 18.7. The van der Waals surface area contributed by atoms with Crippen molar-refractivity contribution in [2.24, 2.45) is 7.05 Å². The van der Waals surface area contributed by atoms with Gasteiger partial charge in [-0.1, -0.05) is 15.9 Å². The van der Waals surface area contributed by atoms with E-state index >= 15 is 0 Å². The number of nitrogens with zero attached hydrogens (tertiary/aromatic N) is 3. The fourth-order valence-electron chi connectivity index (χ4n) is 2.35. The van der Waals surface area contributed by atoms with Gasteiger partial charge in [0, 0.05) is 18.6 Å². The van der Waals surface area contributed by atoms with E-state index in [0.717, 1.165) is 20.4 Å². The Labute approximate surface area is 168 Å². The third kappa shape index (κ3) is 4.37. The average Bonchev–Trinajstić information content (AvgIpc) is 3.22. The van der Waals surface area contributed by atoms with Crippen molar-refractivity contribution in [3.63, 3.8) is 0 Å². The first-order valence-electron chi connectivity index (χ1n) is 7.83. The van der Waals surface area contributed by atoms with E-state index in [2.05, 4.69) is 37.0 Å². The van der Waals surface area contributed by atoms with Gasteiger partial charge in [0.15, 0.2) is 5.76 Å². The molecule has 0 fully saturated rings. The number of hydrogen-bond donors (Lipinski definition) is 0. The van der Waals surface area contributed by atoms with Gasteiger partial charge in [-0.05, 0) is 52.3 Å². The van der Waals surface area contributed by atoms with Crippen LogP contribution >= 0.6 is 31.9 Å². The molecule has 0 N–H and O–H groups in total. The van der Waals surface area contributed by atoms with Gasteiger partial charge in [0.1, 0.15) is 18.1 Å². The molecular formula is C18H17Br2N3O3. The Hall–Kier alpha value is -2.06. The molecule has 0 saturated carbocycles. The van der Waals surface area contributed by atoms with Crippen LogP contribution in [0, 0.1) is 0 Å². The van der Waals surface area contributed by atoms with Crippen LogP contribution in [0.5, 0.6) is 5.75 Å². The second-order valence-electron chi connectivity index (χ2n) is 5.73. The van der Waals surface area contributed by atoms with Crippen LogP contribution in [-0.2, 0) is 20.2 Å². The van der Waals surface area contributed by atoms with Crippen molar-refractivity contribution >= 4 is 37.8 Å². The minimum absolute atomic E-state index is 0.201. The van der Waals surface area contributed by atoms with Crippen molar-refractivity contribution in [2.45, 2.75) is 13.2 Å². The second-order valence-corrected chi connectivity index (χ2v) is 7.50. The molecule has 3 rings (SSSR count). The molecule has 2 aromatic heterocycles. The average molecular weight is 483 g/mol. The van der Waals surface area contributed by atoms with Gasteiger partial charge < -0.3 is 14.1 Å². The van der Waals surface area contributed by atoms with Crippen molar-refractivity contribution in [1.82, 2.24) is 14.7 Å². The Bertz CT molecular complexity index is 883. The van der Waals surface area contributed by atoms with E-state index in [1.165, 1.54) is 0 Å². The Kier molecular flexibility index (Phi) is 5.83. The van der Waals surface area contributed by atoms with Crippen molar-refractivity contribution in [1.29, 1.82) is 0 Å². The van der Waals surface area contributed by atoms with Crippen LogP contribution in [0.3, 0.4) is 0 Å². The SMILES string of the molecule is CN(Cc1c(Br)cnn1C)C(=O)c1ccc(COc2ccc(Br)cc2)o1. The molecule has 0 atom stereocenters. The molecule has 0 spiro atoms. The van der Waals surface area contributed by atoms with Crippen LogP contribution in [0.15, 0.2) is 56.0 Å². The third-order valence-corrected chi connectivity index (χ3v) is 5.00. The summed E-state index contributed by atoms with van der Waals surface area (Å²) in [6.07, 6.45) is 1.71. The molecule has 0 aliphatic rings. The van der Waals surface area contributed by atoms with E-state index in [1.54, 1.807) is 35.0 Å². The van der Waals surface area contributed by atoms with E-state index in [-0.39, 0.29) is 18.3 Å². The minimum Gasteiger partial charge on any atom is -0.486 e. The molecule has 0 unspecified atom stereocenters. The molecule has 0 bridgehead atoms. The van der Waals surface area contributed by atoms with E-state index in [0.29, 0.717) is 12.3 Å². The predicted octanol–water partition coefficient (Wildman–Crippen LogP) is 4.39. The van der Waals surface area contributed by atoms with Crippen molar-refractivity contribution in [3.05, 3.63) is 68.8 Å². The highest BCUT2D eigenvalue weighted by molar-refractivity contribution is 9.10. The monoisotopic (exact) mass is 481 g/mol. The number of hydrogen-bond acceptors (Lipinski definition) is 4. The lowest BCUT2D eigenvalue weighted by Gasteiger charge is -2.16. The zero-order valence-corrected chi connectivity index (χ0v) is 17.4. The maximum absolute atomic E-state index is 12.6. The Morgan fingerprint density at radius 3 is 2.62 bits per heavy atom. The summed E-state index contributed by atoms with van der Waals surface area (Å²) < 4.78 is 14.9. The zero-order valence-electron chi connectivity index (χ0n) is 14.3. The predicted molar refractivity (Wildman–Crippen MR) is 104 cm³/mol. The molecule has 0 saturated heterocycles. The number of carbonyl (C=O) groups is 1. The molecule has 0 radical (unpaired) electrons. The highest BCUT2D eigenvalue weighted by atomic mass is 79.9. The first-order valence-corrected chi connectivity index (χ1v) is 9.41. The number of amides is 1. The third-order valence-electron chi connectivity index (χ3n) is 3.81. The second kappa shape index (κ2) is 8.09. The van der Waals surface area contributed by atoms with Crippen molar-refractivity contribution in [2.75, 3.05) is 7.05 Å². The standard InChI is InChI=1S/C18H17Br2N3O3/c1-22(10-16-15(20)9-21-23(16)2)18(24)17-8-7-14(26-17)11-25-13-5-3-12(19)4-6-13/h3-9H,10-11H2,1-2H3. The molecule has 3 aromatic rings. The molecule has 1 amide bonds. The number of aromatic nitrogens is 2. The summed E-state index contributed by atoms with van der Waals surface area (Å²) >= 11 is 6.82. The van der Waals surface area contributed by atoms with Crippen LogP contribution in [0.1, 0.15) is 22.0 Å². The van der Waals surface area contributed by atoms with Gasteiger partial charge in [0.25, 0.3) is 5.91 Å². The lowest BCUT2D eigenvalue weighted by Crippen LogP contribution is -2.27. The maximum Gasteiger partial charge on any atom is 0.289 e. The molecular weight excluding hydrogens is 466 g/mol. The summed E-state index contributed by atoms with van der Waals surface area (Å²) in [6, 6.07) is 10.9. The van der Waals surface area contributed by atoms with Crippen molar-refractivity contribution in [3.8, 4) is 5.75 Å². The molecule has 2 heterocycles. The Morgan fingerprint density at radius 2 is 1.96 bits per heavy atom. The topological polar surface area (TPSA) is 60.5 Å². The minimum atomic E-state index is -0.201. The first-order chi connectivity index (χ1) is 12.4. The normalized spacial score (nSPS) is 10.8. The van der Waals surface area contributed by atoms with Crippen LogP contribution in [0.4, 0.5) is 0 Å². The summed E-state index contributed by atoms with van der Waals surface area (Å²) in [5.74, 6) is 1.40. The smallest absolute Gasteiger partial charge is 0.289 e. The Balaban J connectivity index is 1.61. The summed E-state index contributed by atoms with van der Waals surface area (Å²) in [6.45, 7) is 0.674.